The lowest BCUT2D eigenvalue weighted by atomic mass is 9.78. The topological polar surface area (TPSA) is 68.0 Å². The number of carbonyl (C=O) groups is 1. The first-order valence-electron chi connectivity index (χ1n) is 6.61. The number of rotatable bonds is 4. The molecule has 5 nitrogen and oxygen atoms in total. The highest BCUT2D eigenvalue weighted by atomic mass is 32.2. The monoisotopic (exact) mass is 323 g/mol. The van der Waals surface area contributed by atoms with E-state index in [1.54, 1.807) is 7.05 Å². The van der Waals surface area contributed by atoms with Crippen LogP contribution >= 0.6 is 11.8 Å². The van der Waals surface area contributed by atoms with E-state index in [1.165, 1.54) is 4.57 Å². The van der Waals surface area contributed by atoms with E-state index in [-0.39, 0.29) is 12.2 Å². The molecule has 0 aromatic carbocycles. The Labute approximate surface area is 123 Å². The molecule has 1 N–H and O–H groups in total. The van der Waals surface area contributed by atoms with Gasteiger partial charge in [0.2, 0.25) is 0 Å². The molecule has 2 atom stereocenters. The van der Waals surface area contributed by atoms with Crippen molar-refractivity contribution in [2.45, 2.75) is 42.9 Å². The lowest BCUT2D eigenvalue weighted by Crippen LogP contribution is -2.33. The van der Waals surface area contributed by atoms with Crippen LogP contribution in [0.4, 0.5) is 13.2 Å². The molecule has 1 heterocycles. The van der Waals surface area contributed by atoms with Gasteiger partial charge >= 0.3 is 12.1 Å². The molecule has 1 aliphatic carbocycles. The molecule has 9 heteroatoms. The van der Waals surface area contributed by atoms with Gasteiger partial charge < -0.3 is 9.67 Å². The SMILES string of the molecule is Cn1c(SCC(=O)O)nnc1C1CCCCC1C(F)(F)F. The number of alkyl halides is 3. The van der Waals surface area contributed by atoms with Crippen molar-refractivity contribution in [3.63, 3.8) is 0 Å². The molecule has 2 rings (SSSR count). The Bertz CT molecular complexity index is 518. The van der Waals surface area contributed by atoms with Crippen LogP contribution in [0.15, 0.2) is 5.16 Å². The maximum atomic E-state index is 13.1. The third-order valence-corrected chi connectivity index (χ3v) is 4.72. The van der Waals surface area contributed by atoms with Gasteiger partial charge in [0.25, 0.3) is 0 Å². The van der Waals surface area contributed by atoms with Crippen molar-refractivity contribution in [1.29, 1.82) is 0 Å². The van der Waals surface area contributed by atoms with Gasteiger partial charge in [0.15, 0.2) is 5.16 Å². The highest BCUT2D eigenvalue weighted by Gasteiger charge is 2.47. The molecule has 1 saturated carbocycles. The summed E-state index contributed by atoms with van der Waals surface area (Å²) in [6.45, 7) is 0. The van der Waals surface area contributed by atoms with Crippen LogP contribution in [-0.2, 0) is 11.8 Å². The van der Waals surface area contributed by atoms with Gasteiger partial charge in [0.1, 0.15) is 5.82 Å². The van der Waals surface area contributed by atoms with E-state index in [0.717, 1.165) is 18.2 Å². The molecule has 1 aliphatic rings. The molecule has 1 fully saturated rings. The van der Waals surface area contributed by atoms with Gasteiger partial charge in [-0.2, -0.15) is 13.2 Å². The van der Waals surface area contributed by atoms with Crippen LogP contribution in [0.25, 0.3) is 0 Å². The van der Waals surface area contributed by atoms with Gasteiger partial charge in [-0.25, -0.2) is 0 Å². The number of hydrogen-bond donors (Lipinski definition) is 1. The van der Waals surface area contributed by atoms with Crippen molar-refractivity contribution >= 4 is 17.7 Å². The van der Waals surface area contributed by atoms with Crippen molar-refractivity contribution < 1.29 is 23.1 Å². The number of aromatic nitrogens is 3. The summed E-state index contributed by atoms with van der Waals surface area (Å²) >= 11 is 0.957. The molecule has 1 aromatic rings. The Kier molecular flexibility index (Phi) is 4.80. The number of halogens is 3. The van der Waals surface area contributed by atoms with E-state index in [2.05, 4.69) is 10.2 Å². The van der Waals surface area contributed by atoms with Crippen LogP contribution in [0.3, 0.4) is 0 Å². The van der Waals surface area contributed by atoms with Crippen LogP contribution in [0.1, 0.15) is 37.4 Å². The van der Waals surface area contributed by atoms with Crippen molar-refractivity contribution in [3.8, 4) is 0 Å². The second kappa shape index (κ2) is 6.25. The molecule has 2 unspecified atom stereocenters. The molecular formula is C12H16F3N3O2S. The minimum Gasteiger partial charge on any atom is -0.481 e. The molecule has 0 spiro atoms. The second-order valence-electron chi connectivity index (χ2n) is 5.12. The maximum Gasteiger partial charge on any atom is 0.392 e. The quantitative estimate of drug-likeness (QED) is 0.863. The smallest absolute Gasteiger partial charge is 0.392 e. The summed E-state index contributed by atoms with van der Waals surface area (Å²) in [6, 6.07) is 0. The number of thioether (sulfide) groups is 1. The van der Waals surface area contributed by atoms with E-state index in [4.69, 9.17) is 5.11 Å². The minimum absolute atomic E-state index is 0.110. The van der Waals surface area contributed by atoms with Crippen molar-refractivity contribution in [1.82, 2.24) is 14.8 Å². The van der Waals surface area contributed by atoms with Gasteiger partial charge in [0.05, 0.1) is 11.7 Å². The Morgan fingerprint density at radius 1 is 1.38 bits per heavy atom. The fourth-order valence-corrected chi connectivity index (χ4v) is 3.37. The van der Waals surface area contributed by atoms with Crippen LogP contribution in [0.2, 0.25) is 0 Å². The van der Waals surface area contributed by atoms with E-state index >= 15 is 0 Å². The van der Waals surface area contributed by atoms with Crippen LogP contribution < -0.4 is 0 Å². The minimum atomic E-state index is -4.24. The number of carboxylic acid groups (broad SMARTS) is 1. The van der Waals surface area contributed by atoms with Crippen molar-refractivity contribution in [2.24, 2.45) is 13.0 Å². The third-order valence-electron chi connectivity index (χ3n) is 3.71. The molecule has 1 aromatic heterocycles. The fraction of sp³-hybridized carbons (Fsp3) is 0.750. The third kappa shape index (κ3) is 3.69. The van der Waals surface area contributed by atoms with E-state index < -0.39 is 24.0 Å². The summed E-state index contributed by atoms with van der Waals surface area (Å²) in [6.07, 6.45) is -2.40. The average molecular weight is 323 g/mol. The Balaban J connectivity index is 2.21. The zero-order chi connectivity index (χ0) is 15.6. The number of hydrogen-bond acceptors (Lipinski definition) is 4. The summed E-state index contributed by atoms with van der Waals surface area (Å²) in [5.74, 6) is -3.00. The van der Waals surface area contributed by atoms with Crippen LogP contribution in [0, 0.1) is 5.92 Å². The Morgan fingerprint density at radius 3 is 2.67 bits per heavy atom. The normalized spacial score (nSPS) is 23.2. The maximum absolute atomic E-state index is 13.1. The summed E-state index contributed by atoms with van der Waals surface area (Å²) < 4.78 is 40.9. The van der Waals surface area contributed by atoms with Gasteiger partial charge in [-0.15, -0.1) is 10.2 Å². The molecule has 0 aliphatic heterocycles. The largest absolute Gasteiger partial charge is 0.481 e. The molecule has 0 bridgehead atoms. The highest BCUT2D eigenvalue weighted by Crippen LogP contribution is 2.46. The standard InChI is InChI=1S/C12H16F3N3O2S/c1-18-10(16-17-11(18)21-6-9(19)20)7-4-2-3-5-8(7)12(13,14)15/h7-8H,2-6H2,1H3,(H,19,20). The van der Waals surface area contributed by atoms with Gasteiger partial charge in [-0.1, -0.05) is 24.6 Å². The summed E-state index contributed by atoms with van der Waals surface area (Å²) in [7, 11) is 1.58. The Morgan fingerprint density at radius 2 is 2.05 bits per heavy atom. The van der Waals surface area contributed by atoms with Gasteiger partial charge in [0, 0.05) is 13.0 Å². The predicted octanol–water partition coefficient (Wildman–Crippen LogP) is 2.83. The van der Waals surface area contributed by atoms with Crippen LogP contribution in [-0.4, -0.2) is 37.8 Å². The van der Waals surface area contributed by atoms with E-state index in [0.29, 0.717) is 23.8 Å². The first-order valence-corrected chi connectivity index (χ1v) is 7.60. The highest BCUT2D eigenvalue weighted by molar-refractivity contribution is 7.99. The zero-order valence-corrected chi connectivity index (χ0v) is 12.2. The lowest BCUT2D eigenvalue weighted by molar-refractivity contribution is -0.188. The molecule has 0 radical (unpaired) electrons. The van der Waals surface area contributed by atoms with Gasteiger partial charge in [-0.05, 0) is 12.8 Å². The zero-order valence-electron chi connectivity index (χ0n) is 11.4. The van der Waals surface area contributed by atoms with Crippen molar-refractivity contribution in [2.75, 3.05) is 5.75 Å². The average Bonchev–Trinajstić information content (AvgIpc) is 2.76. The fourth-order valence-electron chi connectivity index (χ4n) is 2.73. The molecule has 0 saturated heterocycles. The molecule has 21 heavy (non-hydrogen) atoms. The van der Waals surface area contributed by atoms with Crippen molar-refractivity contribution in [3.05, 3.63) is 5.82 Å². The predicted molar refractivity (Wildman–Crippen MR) is 70.1 cm³/mol. The summed E-state index contributed by atoms with van der Waals surface area (Å²) in [5.41, 5.74) is 0. The Hall–Kier alpha value is -1.25. The first kappa shape index (κ1) is 16.1. The van der Waals surface area contributed by atoms with Gasteiger partial charge in [-0.3, -0.25) is 4.79 Å². The molecule has 0 amide bonds. The van der Waals surface area contributed by atoms with E-state index in [9.17, 15) is 18.0 Å². The summed E-state index contributed by atoms with van der Waals surface area (Å²) in [4.78, 5) is 10.5. The number of aliphatic carboxylic acids is 1. The molecule has 118 valence electrons. The number of carboxylic acids is 1. The number of nitrogens with zero attached hydrogens (tertiary/aromatic N) is 3. The first-order chi connectivity index (χ1) is 9.80. The summed E-state index contributed by atoms with van der Waals surface area (Å²) in [5, 5.41) is 16.7. The van der Waals surface area contributed by atoms with E-state index in [1.807, 2.05) is 0 Å². The second-order valence-corrected chi connectivity index (χ2v) is 6.06. The lowest BCUT2D eigenvalue weighted by Gasteiger charge is -2.32. The van der Waals surface area contributed by atoms with Crippen LogP contribution in [0.5, 0.6) is 0 Å². The molecular weight excluding hydrogens is 307 g/mol.